The summed E-state index contributed by atoms with van der Waals surface area (Å²) in [6.45, 7) is 5.19. The van der Waals surface area contributed by atoms with E-state index >= 15 is 0 Å². The summed E-state index contributed by atoms with van der Waals surface area (Å²) in [5, 5.41) is 4.67. The van der Waals surface area contributed by atoms with Crippen molar-refractivity contribution >= 4 is 23.0 Å². The zero-order chi connectivity index (χ0) is 21.4. The molecule has 2 aliphatic rings. The largest absolute Gasteiger partial charge is 0.450 e. The highest BCUT2D eigenvalue weighted by molar-refractivity contribution is 5.85. The number of alkyl halides is 2. The lowest BCUT2D eigenvalue weighted by atomic mass is 10.1. The third-order valence-corrected chi connectivity index (χ3v) is 5.60. The van der Waals surface area contributed by atoms with Crippen LogP contribution in [0, 0.1) is 6.92 Å². The fourth-order valence-electron chi connectivity index (χ4n) is 3.86. The van der Waals surface area contributed by atoms with Crippen LogP contribution in [0.4, 0.5) is 13.6 Å². The van der Waals surface area contributed by atoms with Gasteiger partial charge in [-0.15, -0.1) is 0 Å². The number of carbonyl (C=O) groups is 2. The Morgan fingerprint density at radius 3 is 2.47 bits per heavy atom. The molecule has 0 N–H and O–H groups in total. The molecule has 0 unspecified atom stereocenters. The summed E-state index contributed by atoms with van der Waals surface area (Å²) < 4.78 is 33.8. The fraction of sp³-hybridized carbons (Fsp3) is 0.600. The number of halogens is 2. The van der Waals surface area contributed by atoms with Crippen molar-refractivity contribution < 1.29 is 23.1 Å². The first-order valence-electron chi connectivity index (χ1n) is 10.2. The van der Waals surface area contributed by atoms with E-state index in [0.717, 1.165) is 12.8 Å². The molecular formula is C20H25F2N5O3. The average Bonchev–Trinajstić information content (AvgIpc) is 3.53. The molecule has 0 bridgehead atoms. The van der Waals surface area contributed by atoms with Gasteiger partial charge in [-0.3, -0.25) is 4.79 Å². The molecule has 0 radical (unpaired) electrons. The summed E-state index contributed by atoms with van der Waals surface area (Å²) in [5.74, 6) is 0.0299. The Labute approximate surface area is 172 Å². The maximum atomic E-state index is 13.7. The molecule has 2 fully saturated rings. The van der Waals surface area contributed by atoms with Crippen LogP contribution in [0.25, 0.3) is 11.0 Å². The molecule has 0 aromatic carbocycles. The van der Waals surface area contributed by atoms with E-state index in [-0.39, 0.29) is 30.0 Å². The van der Waals surface area contributed by atoms with Gasteiger partial charge in [0.25, 0.3) is 6.43 Å². The van der Waals surface area contributed by atoms with Gasteiger partial charge >= 0.3 is 6.09 Å². The lowest BCUT2D eigenvalue weighted by Crippen LogP contribution is -2.51. The first-order valence-corrected chi connectivity index (χ1v) is 10.2. The van der Waals surface area contributed by atoms with Crippen molar-refractivity contribution in [3.05, 3.63) is 23.0 Å². The van der Waals surface area contributed by atoms with Crippen LogP contribution >= 0.6 is 0 Å². The first kappa shape index (κ1) is 20.5. The van der Waals surface area contributed by atoms with Crippen molar-refractivity contribution in [1.29, 1.82) is 0 Å². The molecule has 1 saturated heterocycles. The van der Waals surface area contributed by atoms with Gasteiger partial charge in [0.1, 0.15) is 6.54 Å². The summed E-state index contributed by atoms with van der Waals surface area (Å²) >= 11 is 0. The van der Waals surface area contributed by atoms with Crippen molar-refractivity contribution in [3.63, 3.8) is 0 Å². The topological polar surface area (TPSA) is 80.6 Å². The molecule has 1 aliphatic heterocycles. The van der Waals surface area contributed by atoms with Crippen LogP contribution in [0.5, 0.6) is 0 Å². The summed E-state index contributed by atoms with van der Waals surface area (Å²) in [6, 6.07) is 1.49. The fourth-order valence-corrected chi connectivity index (χ4v) is 3.86. The van der Waals surface area contributed by atoms with Gasteiger partial charge in [-0.25, -0.2) is 23.2 Å². The van der Waals surface area contributed by atoms with E-state index in [4.69, 9.17) is 4.74 Å². The Morgan fingerprint density at radius 1 is 1.20 bits per heavy atom. The molecule has 4 rings (SSSR count). The second-order valence-corrected chi connectivity index (χ2v) is 7.72. The first-order chi connectivity index (χ1) is 14.4. The number of amides is 2. The van der Waals surface area contributed by atoms with E-state index < -0.39 is 6.43 Å². The highest BCUT2D eigenvalue weighted by atomic mass is 19.3. The van der Waals surface area contributed by atoms with Gasteiger partial charge in [-0.05, 0) is 32.8 Å². The number of aromatic nitrogens is 3. The van der Waals surface area contributed by atoms with Crippen molar-refractivity contribution in [2.75, 3.05) is 32.8 Å². The SMILES string of the molecule is CCOC(=O)N1CCN(C(=O)Cn2nc(C)c3c(C(F)F)cc(C4CC4)nc32)CC1. The minimum Gasteiger partial charge on any atom is -0.450 e. The van der Waals surface area contributed by atoms with Gasteiger partial charge in [0.2, 0.25) is 5.91 Å². The lowest BCUT2D eigenvalue weighted by molar-refractivity contribution is -0.133. The maximum Gasteiger partial charge on any atom is 0.409 e. The standard InChI is InChI=1S/C20H25F2N5O3/c1-3-30-20(29)26-8-6-25(7-9-26)16(28)11-27-19-17(12(2)24-27)14(18(21)22)10-15(23-19)13-4-5-13/h10,13,18H,3-9,11H2,1-2H3. The Kier molecular flexibility index (Phi) is 5.57. The third kappa shape index (κ3) is 3.95. The minimum absolute atomic E-state index is 0.0684. The van der Waals surface area contributed by atoms with Gasteiger partial charge in [0.05, 0.1) is 17.7 Å². The van der Waals surface area contributed by atoms with E-state index in [1.165, 1.54) is 10.7 Å². The molecule has 162 valence electrons. The van der Waals surface area contributed by atoms with Gasteiger partial charge in [-0.2, -0.15) is 5.10 Å². The van der Waals surface area contributed by atoms with Gasteiger partial charge in [0, 0.05) is 43.4 Å². The predicted molar refractivity (Wildman–Crippen MR) is 104 cm³/mol. The molecule has 1 saturated carbocycles. The summed E-state index contributed by atoms with van der Waals surface area (Å²) in [5.41, 5.74) is 1.36. The second kappa shape index (κ2) is 8.16. The number of ether oxygens (including phenoxy) is 1. The molecule has 1 aliphatic carbocycles. The van der Waals surface area contributed by atoms with E-state index in [0.29, 0.717) is 55.2 Å². The zero-order valence-corrected chi connectivity index (χ0v) is 17.1. The molecule has 10 heteroatoms. The van der Waals surface area contributed by atoms with Crippen LogP contribution in [0.15, 0.2) is 6.07 Å². The zero-order valence-electron chi connectivity index (χ0n) is 17.1. The van der Waals surface area contributed by atoms with E-state index in [2.05, 4.69) is 10.1 Å². The monoisotopic (exact) mass is 421 g/mol. The Hall–Kier alpha value is -2.78. The van der Waals surface area contributed by atoms with Crippen molar-refractivity contribution in [3.8, 4) is 0 Å². The Balaban J connectivity index is 1.53. The number of piperazine rings is 1. The molecule has 0 atom stereocenters. The van der Waals surface area contributed by atoms with Crippen molar-refractivity contribution in [1.82, 2.24) is 24.6 Å². The molecule has 3 heterocycles. The van der Waals surface area contributed by atoms with Crippen LogP contribution in [-0.2, 0) is 16.1 Å². The summed E-state index contributed by atoms with van der Waals surface area (Å²) in [6.07, 6.45) is -1.12. The maximum absolute atomic E-state index is 13.7. The number of rotatable bonds is 5. The molecule has 2 amide bonds. The lowest BCUT2D eigenvalue weighted by Gasteiger charge is -2.34. The molecule has 2 aromatic rings. The van der Waals surface area contributed by atoms with Gasteiger partial charge < -0.3 is 14.5 Å². The number of fused-ring (bicyclic) bond motifs is 1. The van der Waals surface area contributed by atoms with Crippen LogP contribution in [0.1, 0.15) is 49.1 Å². The number of aryl methyl sites for hydroxylation is 1. The van der Waals surface area contributed by atoms with E-state index in [1.807, 2.05) is 0 Å². The molecule has 2 aromatic heterocycles. The summed E-state index contributed by atoms with van der Waals surface area (Å²) in [4.78, 5) is 32.4. The predicted octanol–water partition coefficient (Wildman–Crippen LogP) is 2.86. The number of carbonyl (C=O) groups excluding carboxylic acids is 2. The Bertz CT molecular complexity index is 965. The van der Waals surface area contributed by atoms with Crippen LogP contribution in [0.3, 0.4) is 0 Å². The number of hydrogen-bond acceptors (Lipinski definition) is 5. The van der Waals surface area contributed by atoms with Gasteiger partial charge in [0.15, 0.2) is 5.65 Å². The highest BCUT2D eigenvalue weighted by Gasteiger charge is 2.30. The third-order valence-electron chi connectivity index (χ3n) is 5.60. The van der Waals surface area contributed by atoms with Crippen LogP contribution in [-0.4, -0.2) is 69.4 Å². The highest BCUT2D eigenvalue weighted by Crippen LogP contribution is 2.41. The molecule has 8 nitrogen and oxygen atoms in total. The van der Waals surface area contributed by atoms with E-state index in [1.54, 1.807) is 23.6 Å². The Morgan fingerprint density at radius 2 is 1.87 bits per heavy atom. The molecular weight excluding hydrogens is 396 g/mol. The number of hydrogen-bond donors (Lipinski definition) is 0. The van der Waals surface area contributed by atoms with E-state index in [9.17, 15) is 18.4 Å². The quantitative estimate of drug-likeness (QED) is 0.742. The number of pyridine rings is 1. The average molecular weight is 421 g/mol. The van der Waals surface area contributed by atoms with Crippen LogP contribution < -0.4 is 0 Å². The summed E-state index contributed by atoms with van der Waals surface area (Å²) in [7, 11) is 0. The van der Waals surface area contributed by atoms with Crippen molar-refractivity contribution in [2.45, 2.75) is 45.6 Å². The van der Waals surface area contributed by atoms with Gasteiger partial charge in [-0.1, -0.05) is 0 Å². The smallest absolute Gasteiger partial charge is 0.409 e. The molecule has 0 spiro atoms. The minimum atomic E-state index is -2.63. The van der Waals surface area contributed by atoms with Crippen LogP contribution in [0.2, 0.25) is 0 Å². The normalized spacial score (nSPS) is 17.1. The second-order valence-electron chi connectivity index (χ2n) is 7.72. The molecule has 30 heavy (non-hydrogen) atoms. The number of nitrogens with zero attached hydrogens (tertiary/aromatic N) is 5. The van der Waals surface area contributed by atoms with Crippen molar-refractivity contribution in [2.24, 2.45) is 0 Å².